The molecule has 0 aromatic carbocycles. The summed E-state index contributed by atoms with van der Waals surface area (Å²) < 4.78 is 11.4. The fourth-order valence-electron chi connectivity index (χ4n) is 5.31. The standard InChI is InChI=1S/C19H32N2O3/c1-13(2)12-24-18(22)21-9-4-14(5-10-21)20-16-15-6-11-23-17(15)19(16)7-3-8-19/h13-17,20H,3-12H2,1-2H3/t15-,16+,17+/m0/s1. The predicted molar refractivity (Wildman–Crippen MR) is 91.8 cm³/mol. The molecule has 5 nitrogen and oxygen atoms in total. The van der Waals surface area contributed by atoms with Crippen LogP contribution in [0.5, 0.6) is 0 Å². The lowest BCUT2D eigenvalue weighted by molar-refractivity contribution is -0.179. The molecule has 5 heteroatoms. The van der Waals surface area contributed by atoms with E-state index in [4.69, 9.17) is 9.47 Å². The van der Waals surface area contributed by atoms with E-state index in [1.807, 2.05) is 4.90 Å². The third-order valence-corrected chi connectivity index (χ3v) is 6.74. The van der Waals surface area contributed by atoms with Crippen molar-refractivity contribution < 1.29 is 14.3 Å². The molecule has 2 saturated heterocycles. The first-order chi connectivity index (χ1) is 11.6. The van der Waals surface area contributed by atoms with Crippen LogP contribution in [0, 0.1) is 17.3 Å². The van der Waals surface area contributed by atoms with Crippen LogP contribution in [0.25, 0.3) is 0 Å². The number of piperidine rings is 1. The molecule has 1 spiro atoms. The Kier molecular flexibility index (Phi) is 4.50. The zero-order valence-corrected chi connectivity index (χ0v) is 15.1. The van der Waals surface area contributed by atoms with Gasteiger partial charge in [-0.25, -0.2) is 4.79 Å². The van der Waals surface area contributed by atoms with E-state index in [1.54, 1.807) is 0 Å². The summed E-state index contributed by atoms with van der Waals surface area (Å²) in [6, 6.07) is 1.20. The van der Waals surface area contributed by atoms with Crippen molar-refractivity contribution in [2.45, 2.75) is 70.6 Å². The van der Waals surface area contributed by atoms with E-state index in [0.29, 0.717) is 36.1 Å². The fraction of sp³-hybridized carbons (Fsp3) is 0.947. The molecule has 4 fully saturated rings. The van der Waals surface area contributed by atoms with Crippen LogP contribution in [0.3, 0.4) is 0 Å². The van der Waals surface area contributed by atoms with E-state index in [9.17, 15) is 4.79 Å². The lowest BCUT2D eigenvalue weighted by Crippen LogP contribution is -2.72. The number of ether oxygens (including phenoxy) is 2. The van der Waals surface area contributed by atoms with Crippen molar-refractivity contribution in [2.24, 2.45) is 17.3 Å². The molecule has 2 heterocycles. The number of rotatable bonds is 4. The molecular weight excluding hydrogens is 304 g/mol. The highest BCUT2D eigenvalue weighted by Crippen LogP contribution is 2.62. The van der Waals surface area contributed by atoms with Gasteiger partial charge < -0.3 is 19.7 Å². The van der Waals surface area contributed by atoms with Gasteiger partial charge in [-0.1, -0.05) is 20.3 Å². The van der Waals surface area contributed by atoms with Crippen molar-refractivity contribution in [1.82, 2.24) is 10.2 Å². The number of nitrogens with zero attached hydrogens (tertiary/aromatic N) is 1. The Morgan fingerprint density at radius 3 is 2.67 bits per heavy atom. The molecule has 4 aliphatic rings. The first-order valence-corrected chi connectivity index (χ1v) is 9.89. The molecule has 0 unspecified atom stereocenters. The van der Waals surface area contributed by atoms with Gasteiger partial charge in [0.1, 0.15) is 0 Å². The van der Waals surface area contributed by atoms with Crippen LogP contribution in [0.15, 0.2) is 0 Å². The summed E-state index contributed by atoms with van der Waals surface area (Å²) in [6.07, 6.45) is 7.76. The van der Waals surface area contributed by atoms with Crippen LogP contribution in [-0.4, -0.2) is 55.5 Å². The van der Waals surface area contributed by atoms with Gasteiger partial charge in [-0.05, 0) is 38.0 Å². The Bertz CT molecular complexity index is 469. The quantitative estimate of drug-likeness (QED) is 0.858. The normalized spacial score (nSPS) is 34.8. The molecule has 0 bridgehead atoms. The second-order valence-corrected chi connectivity index (χ2v) is 8.71. The smallest absolute Gasteiger partial charge is 0.409 e. The molecule has 24 heavy (non-hydrogen) atoms. The Hall–Kier alpha value is -0.810. The molecule has 1 N–H and O–H groups in total. The summed E-state index contributed by atoms with van der Waals surface area (Å²) >= 11 is 0. The van der Waals surface area contributed by atoms with Crippen molar-refractivity contribution in [1.29, 1.82) is 0 Å². The van der Waals surface area contributed by atoms with Gasteiger partial charge in [0.15, 0.2) is 0 Å². The van der Waals surface area contributed by atoms with E-state index in [-0.39, 0.29) is 6.09 Å². The highest BCUT2D eigenvalue weighted by atomic mass is 16.6. The number of hydrogen-bond donors (Lipinski definition) is 1. The molecule has 2 saturated carbocycles. The van der Waals surface area contributed by atoms with Crippen LogP contribution in [0.4, 0.5) is 4.79 Å². The van der Waals surface area contributed by atoms with Crippen molar-refractivity contribution >= 4 is 6.09 Å². The summed E-state index contributed by atoms with van der Waals surface area (Å²) in [4.78, 5) is 14.0. The van der Waals surface area contributed by atoms with Gasteiger partial charge >= 0.3 is 6.09 Å². The van der Waals surface area contributed by atoms with Crippen LogP contribution in [0.2, 0.25) is 0 Å². The second kappa shape index (κ2) is 6.49. The number of nitrogens with one attached hydrogen (secondary N) is 1. The number of amides is 1. The fourth-order valence-corrected chi connectivity index (χ4v) is 5.31. The number of fused-ring (bicyclic) bond motifs is 2. The van der Waals surface area contributed by atoms with Gasteiger partial charge in [0.05, 0.1) is 12.7 Å². The number of carbonyl (C=O) groups is 1. The Morgan fingerprint density at radius 2 is 2.04 bits per heavy atom. The van der Waals surface area contributed by atoms with Gasteiger partial charge in [0.2, 0.25) is 0 Å². The van der Waals surface area contributed by atoms with Crippen LogP contribution in [-0.2, 0) is 9.47 Å². The van der Waals surface area contributed by atoms with Crippen LogP contribution < -0.4 is 5.32 Å². The Labute approximate surface area is 145 Å². The molecular formula is C19H32N2O3. The van der Waals surface area contributed by atoms with E-state index < -0.39 is 0 Å². The highest BCUT2D eigenvalue weighted by Gasteiger charge is 2.66. The number of hydrogen-bond acceptors (Lipinski definition) is 4. The minimum atomic E-state index is -0.134. The summed E-state index contributed by atoms with van der Waals surface area (Å²) in [5.74, 6) is 1.13. The van der Waals surface area contributed by atoms with Crippen molar-refractivity contribution in [3.8, 4) is 0 Å². The first-order valence-electron chi connectivity index (χ1n) is 9.89. The van der Waals surface area contributed by atoms with Crippen LogP contribution >= 0.6 is 0 Å². The molecule has 3 atom stereocenters. The van der Waals surface area contributed by atoms with Crippen molar-refractivity contribution in [3.05, 3.63) is 0 Å². The summed E-state index contributed by atoms with van der Waals surface area (Å²) in [5.41, 5.74) is 0.453. The minimum Gasteiger partial charge on any atom is -0.449 e. The molecule has 2 aliphatic carbocycles. The Balaban J connectivity index is 1.26. The molecule has 4 rings (SSSR count). The lowest BCUT2D eigenvalue weighted by atomic mass is 9.46. The average Bonchev–Trinajstić information content (AvgIpc) is 2.94. The van der Waals surface area contributed by atoms with E-state index in [0.717, 1.165) is 38.5 Å². The lowest BCUT2D eigenvalue weighted by Gasteiger charge is -2.64. The van der Waals surface area contributed by atoms with E-state index >= 15 is 0 Å². The van der Waals surface area contributed by atoms with Crippen molar-refractivity contribution in [2.75, 3.05) is 26.3 Å². The monoisotopic (exact) mass is 336 g/mol. The summed E-state index contributed by atoms with van der Waals surface area (Å²) in [5, 5.41) is 3.97. The molecule has 136 valence electrons. The maximum Gasteiger partial charge on any atom is 0.409 e. The van der Waals surface area contributed by atoms with Crippen LogP contribution in [0.1, 0.15) is 52.4 Å². The minimum absolute atomic E-state index is 0.134. The van der Waals surface area contributed by atoms with Crippen molar-refractivity contribution in [3.63, 3.8) is 0 Å². The number of carbonyl (C=O) groups excluding carboxylic acids is 1. The van der Waals surface area contributed by atoms with Gasteiger partial charge in [0, 0.05) is 43.1 Å². The third kappa shape index (κ3) is 2.74. The van der Waals surface area contributed by atoms with Gasteiger partial charge in [-0.2, -0.15) is 0 Å². The van der Waals surface area contributed by atoms with Gasteiger partial charge in [-0.3, -0.25) is 0 Å². The van der Waals surface area contributed by atoms with Gasteiger partial charge in [0.25, 0.3) is 0 Å². The third-order valence-electron chi connectivity index (χ3n) is 6.74. The molecule has 0 aromatic heterocycles. The summed E-state index contributed by atoms with van der Waals surface area (Å²) in [7, 11) is 0. The van der Waals surface area contributed by atoms with E-state index in [2.05, 4.69) is 19.2 Å². The second-order valence-electron chi connectivity index (χ2n) is 8.71. The molecule has 2 aliphatic heterocycles. The largest absolute Gasteiger partial charge is 0.449 e. The topological polar surface area (TPSA) is 50.8 Å². The first kappa shape index (κ1) is 16.6. The maximum atomic E-state index is 12.1. The SMILES string of the molecule is CC(C)COC(=O)N1CCC(N[C@@H]2[C@@H]3CCO[C@H]3C23CCC3)CC1. The molecule has 1 amide bonds. The zero-order valence-electron chi connectivity index (χ0n) is 15.1. The highest BCUT2D eigenvalue weighted by molar-refractivity contribution is 5.67. The molecule has 0 aromatic rings. The summed E-state index contributed by atoms with van der Waals surface area (Å²) in [6.45, 7) is 7.24. The Morgan fingerprint density at radius 1 is 1.29 bits per heavy atom. The predicted octanol–water partition coefficient (Wildman–Crippen LogP) is 2.79. The maximum absolute atomic E-state index is 12.1. The number of likely N-dealkylation sites (tertiary alicyclic amines) is 1. The zero-order chi connectivity index (χ0) is 16.7. The van der Waals surface area contributed by atoms with E-state index in [1.165, 1.54) is 25.7 Å². The molecule has 0 radical (unpaired) electrons. The average molecular weight is 336 g/mol. The van der Waals surface area contributed by atoms with Gasteiger partial charge in [-0.15, -0.1) is 0 Å².